The molecule has 2 aromatic rings. The van der Waals surface area contributed by atoms with Crippen molar-refractivity contribution in [1.82, 2.24) is 0 Å². The summed E-state index contributed by atoms with van der Waals surface area (Å²) < 4.78 is 15.3. The molecule has 0 saturated heterocycles. The highest BCUT2D eigenvalue weighted by atomic mass is 16.5. The Balaban J connectivity index is 2.46. The third kappa shape index (κ3) is 2.09. The Hall–Kier alpha value is -2.23. The number of ether oxygens (including phenoxy) is 2. The molecule has 0 amide bonds. The molecule has 1 aromatic heterocycles. The largest absolute Gasteiger partial charge is 0.496 e. The second kappa shape index (κ2) is 4.96. The molecule has 2 rings (SSSR count). The van der Waals surface area contributed by atoms with Crippen molar-refractivity contribution in [3.63, 3.8) is 0 Å². The number of carbonyl (C=O) groups excluding carboxylic acids is 1. The molecule has 0 bridgehead atoms. The fourth-order valence-corrected chi connectivity index (χ4v) is 1.82. The second-order valence-corrected chi connectivity index (χ2v) is 3.84. The van der Waals surface area contributed by atoms with Crippen LogP contribution in [0.5, 0.6) is 5.75 Å². The lowest BCUT2D eigenvalue weighted by atomic mass is 10.1. The molecule has 94 valence electrons. The van der Waals surface area contributed by atoms with Crippen LogP contribution in [0.1, 0.15) is 15.9 Å². The van der Waals surface area contributed by atoms with E-state index in [1.54, 1.807) is 13.2 Å². The number of hydrogen-bond donors (Lipinski definition) is 0. The molecule has 18 heavy (non-hydrogen) atoms. The van der Waals surface area contributed by atoms with Gasteiger partial charge in [-0.25, -0.2) is 4.79 Å². The van der Waals surface area contributed by atoms with Gasteiger partial charge in [0, 0.05) is 5.56 Å². The summed E-state index contributed by atoms with van der Waals surface area (Å²) in [5.41, 5.74) is 2.21. The number of hydrogen-bond acceptors (Lipinski definition) is 4. The van der Waals surface area contributed by atoms with Crippen molar-refractivity contribution in [2.24, 2.45) is 0 Å². The van der Waals surface area contributed by atoms with E-state index in [2.05, 4.69) is 0 Å². The first-order valence-electron chi connectivity index (χ1n) is 5.48. The van der Waals surface area contributed by atoms with Crippen LogP contribution in [0.15, 0.2) is 34.9 Å². The van der Waals surface area contributed by atoms with Crippen molar-refractivity contribution in [3.05, 3.63) is 41.7 Å². The summed E-state index contributed by atoms with van der Waals surface area (Å²) in [6, 6.07) is 7.19. The van der Waals surface area contributed by atoms with Gasteiger partial charge in [-0.15, -0.1) is 0 Å². The van der Waals surface area contributed by atoms with E-state index in [-0.39, 0.29) is 0 Å². The highest BCUT2D eigenvalue weighted by Gasteiger charge is 2.17. The Morgan fingerprint density at radius 3 is 2.61 bits per heavy atom. The first-order valence-corrected chi connectivity index (χ1v) is 5.48. The van der Waals surface area contributed by atoms with Crippen LogP contribution in [0, 0.1) is 6.92 Å². The maximum absolute atomic E-state index is 11.6. The lowest BCUT2D eigenvalue weighted by molar-refractivity contribution is 0.0601. The predicted octanol–water partition coefficient (Wildman–Crippen LogP) is 3.05. The summed E-state index contributed by atoms with van der Waals surface area (Å²) in [5.74, 6) is 0.893. The van der Waals surface area contributed by atoms with Crippen molar-refractivity contribution < 1.29 is 18.7 Å². The van der Waals surface area contributed by atoms with Crippen LogP contribution < -0.4 is 4.74 Å². The highest BCUT2D eigenvalue weighted by Crippen LogP contribution is 2.29. The fraction of sp³-hybridized carbons (Fsp3) is 0.214. The molecule has 4 heteroatoms. The Labute approximate surface area is 105 Å². The molecular formula is C14H14O4. The van der Waals surface area contributed by atoms with Crippen molar-refractivity contribution in [2.45, 2.75) is 6.92 Å². The highest BCUT2D eigenvalue weighted by molar-refractivity contribution is 5.95. The summed E-state index contributed by atoms with van der Waals surface area (Å²) in [4.78, 5) is 11.6. The van der Waals surface area contributed by atoms with E-state index < -0.39 is 5.97 Å². The topological polar surface area (TPSA) is 48.7 Å². The number of methoxy groups -OCH3 is 2. The first kappa shape index (κ1) is 12.2. The zero-order valence-corrected chi connectivity index (χ0v) is 10.5. The monoisotopic (exact) mass is 246 g/mol. The number of benzene rings is 1. The van der Waals surface area contributed by atoms with Crippen molar-refractivity contribution in [3.8, 4) is 17.1 Å². The molecule has 1 heterocycles. The van der Waals surface area contributed by atoms with Crippen LogP contribution in [0.3, 0.4) is 0 Å². The zero-order chi connectivity index (χ0) is 13.1. The summed E-state index contributed by atoms with van der Waals surface area (Å²) in [7, 11) is 2.97. The van der Waals surface area contributed by atoms with Gasteiger partial charge >= 0.3 is 5.97 Å². The maximum atomic E-state index is 11.6. The van der Waals surface area contributed by atoms with Crippen LogP contribution in [0.4, 0.5) is 0 Å². The van der Waals surface area contributed by atoms with Crippen LogP contribution in [0.25, 0.3) is 11.3 Å². The number of rotatable bonds is 3. The molecule has 1 aromatic carbocycles. The van der Waals surface area contributed by atoms with Crippen LogP contribution in [0.2, 0.25) is 0 Å². The third-order valence-corrected chi connectivity index (χ3v) is 2.73. The normalized spacial score (nSPS) is 10.2. The molecule has 0 saturated carbocycles. The molecule has 0 radical (unpaired) electrons. The van der Waals surface area contributed by atoms with Gasteiger partial charge in [0.1, 0.15) is 17.1 Å². The Bertz CT molecular complexity index is 569. The smallest absolute Gasteiger partial charge is 0.341 e. The summed E-state index contributed by atoms with van der Waals surface area (Å²) in [6.07, 6.45) is 1.47. The van der Waals surface area contributed by atoms with Gasteiger partial charge in [0.2, 0.25) is 0 Å². The van der Waals surface area contributed by atoms with Crippen LogP contribution >= 0.6 is 0 Å². The molecule has 0 spiro atoms. The number of esters is 1. The van der Waals surface area contributed by atoms with Gasteiger partial charge in [0.05, 0.1) is 20.5 Å². The van der Waals surface area contributed by atoms with E-state index in [4.69, 9.17) is 13.9 Å². The quantitative estimate of drug-likeness (QED) is 0.781. The molecule has 0 aliphatic heterocycles. The van der Waals surface area contributed by atoms with Gasteiger partial charge in [0.25, 0.3) is 0 Å². The maximum Gasteiger partial charge on any atom is 0.341 e. The SMILES string of the molecule is COC(=O)c1ccoc1-c1ccc(OC)c(C)c1. The van der Waals surface area contributed by atoms with Gasteiger partial charge in [-0.2, -0.15) is 0 Å². The fourth-order valence-electron chi connectivity index (χ4n) is 1.82. The lowest BCUT2D eigenvalue weighted by Crippen LogP contribution is -2.01. The van der Waals surface area contributed by atoms with E-state index in [0.717, 1.165) is 16.9 Å². The van der Waals surface area contributed by atoms with Gasteiger partial charge in [-0.05, 0) is 36.8 Å². The number of furan rings is 1. The van der Waals surface area contributed by atoms with Crippen molar-refractivity contribution in [2.75, 3.05) is 14.2 Å². The first-order chi connectivity index (χ1) is 8.67. The molecule has 0 unspecified atom stereocenters. The molecule has 0 aliphatic carbocycles. The van der Waals surface area contributed by atoms with Crippen LogP contribution in [-0.4, -0.2) is 20.2 Å². The third-order valence-electron chi connectivity index (χ3n) is 2.73. The second-order valence-electron chi connectivity index (χ2n) is 3.84. The number of carbonyl (C=O) groups is 1. The molecule has 0 fully saturated rings. The van der Waals surface area contributed by atoms with Gasteiger partial charge in [-0.1, -0.05) is 0 Å². The minimum atomic E-state index is -0.410. The summed E-state index contributed by atoms with van der Waals surface area (Å²) >= 11 is 0. The van der Waals surface area contributed by atoms with E-state index >= 15 is 0 Å². The van der Waals surface area contributed by atoms with E-state index in [1.165, 1.54) is 13.4 Å². The van der Waals surface area contributed by atoms with E-state index in [1.807, 2.05) is 25.1 Å². The standard InChI is InChI=1S/C14H14O4/c1-9-8-10(4-5-12(9)16-2)13-11(6-7-18-13)14(15)17-3/h4-8H,1-3H3. The molecule has 0 aliphatic rings. The molecule has 0 atom stereocenters. The van der Waals surface area contributed by atoms with Crippen molar-refractivity contribution >= 4 is 5.97 Å². The van der Waals surface area contributed by atoms with Gasteiger partial charge in [0.15, 0.2) is 0 Å². The summed E-state index contributed by atoms with van der Waals surface area (Å²) in [5, 5.41) is 0. The molecule has 0 N–H and O–H groups in total. The Kier molecular flexibility index (Phi) is 3.37. The average Bonchev–Trinajstić information content (AvgIpc) is 2.86. The predicted molar refractivity (Wildman–Crippen MR) is 66.8 cm³/mol. The Morgan fingerprint density at radius 2 is 2.00 bits per heavy atom. The van der Waals surface area contributed by atoms with Gasteiger partial charge in [-0.3, -0.25) is 0 Å². The summed E-state index contributed by atoms with van der Waals surface area (Å²) in [6.45, 7) is 1.93. The Morgan fingerprint density at radius 1 is 1.22 bits per heavy atom. The minimum Gasteiger partial charge on any atom is -0.496 e. The van der Waals surface area contributed by atoms with E-state index in [9.17, 15) is 4.79 Å². The zero-order valence-electron chi connectivity index (χ0n) is 10.5. The van der Waals surface area contributed by atoms with E-state index in [0.29, 0.717) is 11.3 Å². The van der Waals surface area contributed by atoms with Crippen molar-refractivity contribution in [1.29, 1.82) is 0 Å². The minimum absolute atomic E-state index is 0.410. The van der Waals surface area contributed by atoms with Gasteiger partial charge < -0.3 is 13.9 Å². The van der Waals surface area contributed by atoms with Crippen LogP contribution in [-0.2, 0) is 4.74 Å². The average molecular weight is 246 g/mol. The molecule has 4 nitrogen and oxygen atoms in total. The number of aryl methyl sites for hydroxylation is 1. The lowest BCUT2D eigenvalue weighted by Gasteiger charge is -2.06. The molecular weight excluding hydrogens is 232 g/mol.